The molecule has 0 aliphatic carbocycles. The molecule has 0 saturated heterocycles. The predicted molar refractivity (Wildman–Crippen MR) is 111 cm³/mol. The summed E-state index contributed by atoms with van der Waals surface area (Å²) in [6.07, 6.45) is 0. The Hall–Kier alpha value is -3.46. The van der Waals surface area contributed by atoms with Gasteiger partial charge < -0.3 is 24.5 Å². The Morgan fingerprint density at radius 3 is 2.63 bits per heavy atom. The summed E-state index contributed by atoms with van der Waals surface area (Å²) >= 11 is 1.28. The van der Waals surface area contributed by atoms with Gasteiger partial charge in [-0.25, -0.2) is 14.6 Å². The SMILES string of the molecule is COC(=O)C1=C(CSc2nc3ccccc3o2)NC(=O)N[C@@H]1c1ccc(OC)cc1. The zero-order valence-electron chi connectivity index (χ0n) is 16.3. The van der Waals surface area contributed by atoms with Crippen molar-refractivity contribution in [2.45, 2.75) is 11.3 Å². The number of nitrogens with zero attached hydrogens (tertiary/aromatic N) is 1. The number of aromatic nitrogens is 1. The Balaban J connectivity index is 1.66. The molecule has 0 radical (unpaired) electrons. The minimum atomic E-state index is -0.656. The van der Waals surface area contributed by atoms with Crippen molar-refractivity contribution in [1.82, 2.24) is 15.6 Å². The van der Waals surface area contributed by atoms with E-state index in [1.54, 1.807) is 31.4 Å². The number of para-hydroxylation sites is 2. The van der Waals surface area contributed by atoms with Crippen LogP contribution in [0.4, 0.5) is 4.79 Å². The Bertz CT molecular complexity index is 1090. The van der Waals surface area contributed by atoms with Gasteiger partial charge in [-0.05, 0) is 29.8 Å². The number of methoxy groups -OCH3 is 2. The van der Waals surface area contributed by atoms with Crippen molar-refractivity contribution in [3.63, 3.8) is 0 Å². The Labute approximate surface area is 176 Å². The first-order valence-electron chi connectivity index (χ1n) is 9.10. The maximum absolute atomic E-state index is 12.6. The highest BCUT2D eigenvalue weighted by molar-refractivity contribution is 7.99. The van der Waals surface area contributed by atoms with Gasteiger partial charge in [-0.15, -0.1) is 0 Å². The van der Waals surface area contributed by atoms with Crippen molar-refractivity contribution in [3.8, 4) is 5.75 Å². The summed E-state index contributed by atoms with van der Waals surface area (Å²) in [5.41, 5.74) is 2.92. The number of carbonyl (C=O) groups is 2. The smallest absolute Gasteiger partial charge is 0.338 e. The van der Waals surface area contributed by atoms with E-state index in [2.05, 4.69) is 15.6 Å². The molecule has 1 aromatic heterocycles. The maximum atomic E-state index is 12.6. The van der Waals surface area contributed by atoms with Crippen LogP contribution in [0.2, 0.25) is 0 Å². The molecule has 1 aliphatic rings. The third kappa shape index (κ3) is 3.97. The molecule has 8 nitrogen and oxygen atoms in total. The molecule has 30 heavy (non-hydrogen) atoms. The molecule has 2 N–H and O–H groups in total. The average Bonchev–Trinajstić information content (AvgIpc) is 3.20. The van der Waals surface area contributed by atoms with E-state index in [1.807, 2.05) is 24.3 Å². The maximum Gasteiger partial charge on any atom is 0.338 e. The summed E-state index contributed by atoms with van der Waals surface area (Å²) in [5.74, 6) is 0.419. The molecule has 3 aromatic rings. The third-order valence-electron chi connectivity index (χ3n) is 4.62. The molecule has 0 fully saturated rings. The number of benzene rings is 2. The van der Waals surface area contributed by atoms with Crippen molar-refractivity contribution in [2.24, 2.45) is 0 Å². The van der Waals surface area contributed by atoms with Gasteiger partial charge in [0.1, 0.15) is 11.3 Å². The number of fused-ring (bicyclic) bond motifs is 1. The molecule has 1 atom stereocenters. The number of thioether (sulfide) groups is 1. The van der Waals surface area contributed by atoms with Crippen LogP contribution in [0, 0.1) is 0 Å². The predicted octanol–water partition coefficient (Wildman–Crippen LogP) is 3.41. The number of hydrogen-bond acceptors (Lipinski definition) is 7. The lowest BCUT2D eigenvalue weighted by molar-refractivity contribution is -0.136. The van der Waals surface area contributed by atoms with Crippen molar-refractivity contribution in [3.05, 3.63) is 65.4 Å². The number of ether oxygens (including phenoxy) is 2. The van der Waals surface area contributed by atoms with Gasteiger partial charge in [-0.3, -0.25) is 0 Å². The number of rotatable bonds is 6. The fraction of sp³-hybridized carbons (Fsp3) is 0.190. The summed E-state index contributed by atoms with van der Waals surface area (Å²) in [6.45, 7) is 0. The Morgan fingerprint density at radius 1 is 1.17 bits per heavy atom. The number of amides is 2. The van der Waals surface area contributed by atoms with Crippen molar-refractivity contribution >= 4 is 34.9 Å². The lowest BCUT2D eigenvalue weighted by Gasteiger charge is -2.29. The number of carbonyl (C=O) groups excluding carboxylic acids is 2. The van der Waals surface area contributed by atoms with Crippen LogP contribution in [0.25, 0.3) is 11.1 Å². The van der Waals surface area contributed by atoms with Crippen LogP contribution in [0.5, 0.6) is 5.75 Å². The number of hydrogen-bond donors (Lipinski definition) is 2. The molecular weight excluding hydrogens is 406 g/mol. The van der Waals surface area contributed by atoms with Crippen LogP contribution in [0.1, 0.15) is 11.6 Å². The highest BCUT2D eigenvalue weighted by atomic mass is 32.2. The second-order valence-electron chi connectivity index (χ2n) is 6.42. The van der Waals surface area contributed by atoms with E-state index in [-0.39, 0.29) is 5.75 Å². The molecule has 2 heterocycles. The number of oxazole rings is 1. The Kier molecular flexibility index (Phi) is 5.62. The van der Waals surface area contributed by atoms with Gasteiger partial charge in [0.05, 0.1) is 25.8 Å². The van der Waals surface area contributed by atoms with E-state index in [0.717, 1.165) is 11.1 Å². The fourth-order valence-corrected chi connectivity index (χ4v) is 3.98. The number of nitrogens with one attached hydrogen (secondary N) is 2. The summed E-state index contributed by atoms with van der Waals surface area (Å²) in [5, 5.41) is 5.96. The molecule has 154 valence electrons. The molecule has 0 saturated carbocycles. The molecule has 9 heteroatoms. The molecule has 0 spiro atoms. The second-order valence-corrected chi connectivity index (χ2v) is 7.35. The fourth-order valence-electron chi connectivity index (χ4n) is 3.18. The lowest BCUT2D eigenvalue weighted by Crippen LogP contribution is -2.46. The minimum absolute atomic E-state index is 0.275. The van der Waals surface area contributed by atoms with Crippen molar-refractivity contribution < 1.29 is 23.5 Å². The van der Waals surface area contributed by atoms with Crippen molar-refractivity contribution in [1.29, 1.82) is 0 Å². The normalized spacial score (nSPS) is 16.2. The zero-order chi connectivity index (χ0) is 21.1. The van der Waals surface area contributed by atoms with E-state index in [4.69, 9.17) is 13.9 Å². The van der Waals surface area contributed by atoms with Gasteiger partial charge in [0.25, 0.3) is 5.22 Å². The van der Waals surface area contributed by atoms with E-state index in [0.29, 0.717) is 27.8 Å². The third-order valence-corrected chi connectivity index (χ3v) is 5.48. The standard InChI is InChI=1S/C21H19N3O5S/c1-27-13-9-7-12(8-10-13)18-17(19(25)28-2)15(22-20(26)24-18)11-30-21-23-14-5-3-4-6-16(14)29-21/h3-10,18H,11H2,1-2H3,(H2,22,24,26)/t18-/m1/s1. The highest BCUT2D eigenvalue weighted by Gasteiger charge is 2.33. The summed E-state index contributed by atoms with van der Waals surface area (Å²) in [6, 6.07) is 13.5. The van der Waals surface area contributed by atoms with Gasteiger partial charge in [-0.1, -0.05) is 36.0 Å². The van der Waals surface area contributed by atoms with E-state index >= 15 is 0 Å². The quantitative estimate of drug-likeness (QED) is 0.461. The van der Waals surface area contributed by atoms with Crippen molar-refractivity contribution in [2.75, 3.05) is 20.0 Å². The molecule has 2 amide bonds. The minimum Gasteiger partial charge on any atom is -0.497 e. The zero-order valence-corrected chi connectivity index (χ0v) is 17.1. The topological polar surface area (TPSA) is 103 Å². The van der Waals surface area contributed by atoms with E-state index in [9.17, 15) is 9.59 Å². The largest absolute Gasteiger partial charge is 0.497 e. The summed E-state index contributed by atoms with van der Waals surface area (Å²) in [7, 11) is 2.88. The van der Waals surface area contributed by atoms with Gasteiger partial charge in [-0.2, -0.15) is 0 Å². The first kappa shape index (κ1) is 19.8. The van der Waals surface area contributed by atoms with Gasteiger partial charge in [0.2, 0.25) is 0 Å². The average molecular weight is 425 g/mol. The second kappa shape index (κ2) is 8.50. The summed E-state index contributed by atoms with van der Waals surface area (Å²) < 4.78 is 15.9. The van der Waals surface area contributed by atoms with Gasteiger partial charge in [0.15, 0.2) is 5.58 Å². The molecular formula is C21H19N3O5S. The van der Waals surface area contributed by atoms with E-state index in [1.165, 1.54) is 18.9 Å². The molecule has 0 bridgehead atoms. The Morgan fingerprint density at radius 2 is 1.93 bits per heavy atom. The number of urea groups is 1. The molecule has 1 aliphatic heterocycles. The highest BCUT2D eigenvalue weighted by Crippen LogP contribution is 2.32. The molecule has 4 rings (SSSR count). The lowest BCUT2D eigenvalue weighted by atomic mass is 9.95. The van der Waals surface area contributed by atoms with Gasteiger partial charge in [0, 0.05) is 11.4 Å². The number of esters is 1. The van der Waals surface area contributed by atoms with E-state index < -0.39 is 18.0 Å². The molecule has 2 aromatic carbocycles. The van der Waals surface area contributed by atoms with Crippen LogP contribution in [-0.4, -0.2) is 37.0 Å². The van der Waals surface area contributed by atoms with Crippen LogP contribution in [-0.2, 0) is 9.53 Å². The first-order chi connectivity index (χ1) is 14.6. The monoisotopic (exact) mass is 425 g/mol. The van der Waals surface area contributed by atoms with Crippen LogP contribution in [0.15, 0.2) is 69.4 Å². The van der Waals surface area contributed by atoms with Crippen LogP contribution < -0.4 is 15.4 Å². The first-order valence-corrected chi connectivity index (χ1v) is 10.1. The van der Waals surface area contributed by atoms with Crippen LogP contribution in [0.3, 0.4) is 0 Å². The van der Waals surface area contributed by atoms with Gasteiger partial charge >= 0.3 is 12.0 Å². The molecule has 0 unspecified atom stereocenters. The summed E-state index contributed by atoms with van der Waals surface area (Å²) in [4.78, 5) is 29.3. The van der Waals surface area contributed by atoms with Crippen LogP contribution >= 0.6 is 11.8 Å².